The lowest BCUT2D eigenvalue weighted by Crippen LogP contribution is -2.52. The summed E-state index contributed by atoms with van der Waals surface area (Å²) in [5, 5.41) is 9.70. The van der Waals surface area contributed by atoms with Crippen molar-refractivity contribution in [1.29, 1.82) is 0 Å². The maximum Gasteiger partial charge on any atom is 0.416 e. The number of benzene rings is 2. The summed E-state index contributed by atoms with van der Waals surface area (Å²) in [5.41, 5.74) is -0.559. The predicted octanol–water partition coefficient (Wildman–Crippen LogP) is 4.66. The van der Waals surface area contributed by atoms with Crippen LogP contribution in [0.15, 0.2) is 59.7 Å². The van der Waals surface area contributed by atoms with Crippen LogP contribution in [0.4, 0.5) is 17.6 Å². The zero-order chi connectivity index (χ0) is 24.3. The lowest BCUT2D eigenvalue weighted by molar-refractivity contribution is -0.137. The van der Waals surface area contributed by atoms with Crippen molar-refractivity contribution >= 4 is 0 Å². The first kappa shape index (κ1) is 24.2. The number of nitrogens with one attached hydrogen (secondary N) is 2. The molecule has 10 heteroatoms. The van der Waals surface area contributed by atoms with Gasteiger partial charge in [0.1, 0.15) is 13.0 Å². The predicted molar refractivity (Wildman–Crippen MR) is 118 cm³/mol. The van der Waals surface area contributed by atoms with Crippen molar-refractivity contribution in [3.63, 3.8) is 0 Å². The van der Waals surface area contributed by atoms with Gasteiger partial charge in [-0.1, -0.05) is 36.4 Å². The molecule has 1 aliphatic rings. The van der Waals surface area contributed by atoms with Crippen LogP contribution in [0.3, 0.4) is 0 Å². The summed E-state index contributed by atoms with van der Waals surface area (Å²) in [6, 6.07) is 12.8. The highest BCUT2D eigenvalue weighted by molar-refractivity contribution is 5.33. The van der Waals surface area contributed by atoms with Gasteiger partial charge < -0.3 is 10.1 Å². The Morgan fingerprint density at radius 3 is 2.59 bits per heavy atom. The quantitative estimate of drug-likeness (QED) is 0.485. The Morgan fingerprint density at radius 2 is 2.00 bits per heavy atom. The lowest BCUT2D eigenvalue weighted by Gasteiger charge is -2.42. The van der Waals surface area contributed by atoms with Gasteiger partial charge in [-0.05, 0) is 48.6 Å². The van der Waals surface area contributed by atoms with E-state index in [-0.39, 0.29) is 29.5 Å². The van der Waals surface area contributed by atoms with Crippen LogP contribution in [0.25, 0.3) is 0 Å². The molecule has 2 aromatic carbocycles. The van der Waals surface area contributed by atoms with Gasteiger partial charge in [-0.3, -0.25) is 4.57 Å². The summed E-state index contributed by atoms with van der Waals surface area (Å²) in [6.45, 7) is 1.34. The fourth-order valence-electron chi connectivity index (χ4n) is 4.44. The van der Waals surface area contributed by atoms with Crippen molar-refractivity contribution in [2.75, 3.05) is 13.2 Å². The average molecular weight is 478 g/mol. The second-order valence-electron chi connectivity index (χ2n) is 8.64. The van der Waals surface area contributed by atoms with Crippen LogP contribution in [0, 0.1) is 0 Å². The maximum atomic E-state index is 13.3. The zero-order valence-electron chi connectivity index (χ0n) is 18.6. The van der Waals surface area contributed by atoms with Crippen molar-refractivity contribution in [2.24, 2.45) is 0 Å². The van der Waals surface area contributed by atoms with Gasteiger partial charge in [0, 0.05) is 6.54 Å². The number of H-pyrrole nitrogens is 1. The molecule has 4 rings (SSSR count). The van der Waals surface area contributed by atoms with Gasteiger partial charge in [0.25, 0.3) is 0 Å². The Hall–Kier alpha value is -2.98. The number of alkyl halides is 4. The Bertz CT molecular complexity index is 1150. The fraction of sp³-hybridized carbons (Fsp3) is 0.417. The molecule has 34 heavy (non-hydrogen) atoms. The van der Waals surface area contributed by atoms with Crippen LogP contribution >= 0.6 is 0 Å². The minimum atomic E-state index is -4.57. The molecule has 0 saturated carbocycles. The largest absolute Gasteiger partial charge is 0.416 e. The number of hydrogen-bond acceptors (Lipinski definition) is 4. The van der Waals surface area contributed by atoms with Gasteiger partial charge in [-0.2, -0.15) is 18.3 Å². The summed E-state index contributed by atoms with van der Waals surface area (Å²) < 4.78 is 60.7. The third-order valence-corrected chi connectivity index (χ3v) is 6.42. The molecule has 3 atom stereocenters. The number of piperidine rings is 1. The summed E-state index contributed by atoms with van der Waals surface area (Å²) >= 11 is 0. The van der Waals surface area contributed by atoms with Crippen molar-refractivity contribution in [1.82, 2.24) is 20.1 Å². The number of rotatable bonds is 7. The number of nitrogens with zero attached hydrogens (tertiary/aromatic N) is 2. The molecule has 0 radical (unpaired) electrons. The highest BCUT2D eigenvalue weighted by Gasteiger charge is 2.38. The van der Waals surface area contributed by atoms with E-state index in [1.807, 2.05) is 30.3 Å². The van der Waals surface area contributed by atoms with Gasteiger partial charge in [0.15, 0.2) is 0 Å². The molecule has 0 aliphatic carbocycles. The van der Waals surface area contributed by atoms with E-state index in [1.54, 1.807) is 11.5 Å². The highest BCUT2D eigenvalue weighted by atomic mass is 19.4. The van der Waals surface area contributed by atoms with E-state index in [4.69, 9.17) is 4.74 Å². The molecule has 6 nitrogen and oxygen atoms in total. The third kappa shape index (κ3) is 5.07. The Labute approximate surface area is 194 Å². The molecule has 0 unspecified atom stereocenters. The zero-order valence-corrected chi connectivity index (χ0v) is 18.6. The van der Waals surface area contributed by atoms with Crippen LogP contribution < -0.4 is 11.0 Å². The molecule has 2 heterocycles. The number of hydrogen-bond donors (Lipinski definition) is 2. The summed E-state index contributed by atoms with van der Waals surface area (Å²) in [5.74, 6) is 0. The SMILES string of the molecule is C[C@@H](OC[C@@]1(c2ccccc2)CC[C@H](n2cn[nH]c2=O)CN1)c1cc(CF)cc(C(F)(F)F)c1. The van der Waals surface area contributed by atoms with E-state index in [0.29, 0.717) is 19.4 Å². The number of halogens is 4. The van der Waals surface area contributed by atoms with E-state index < -0.39 is 30.1 Å². The molecular formula is C24H26F4N4O2. The van der Waals surface area contributed by atoms with Gasteiger partial charge in [0.05, 0.1) is 29.9 Å². The van der Waals surface area contributed by atoms with Crippen molar-refractivity contribution in [3.8, 4) is 0 Å². The Kier molecular flexibility index (Phi) is 6.90. The Morgan fingerprint density at radius 1 is 1.24 bits per heavy atom. The topological polar surface area (TPSA) is 71.9 Å². The maximum absolute atomic E-state index is 13.3. The van der Waals surface area contributed by atoms with Crippen molar-refractivity contribution in [2.45, 2.75) is 50.3 Å². The first-order valence-electron chi connectivity index (χ1n) is 11.0. The van der Waals surface area contributed by atoms with E-state index in [2.05, 4.69) is 15.5 Å². The first-order chi connectivity index (χ1) is 16.2. The fourth-order valence-corrected chi connectivity index (χ4v) is 4.44. The molecule has 0 spiro atoms. The van der Waals surface area contributed by atoms with Crippen LogP contribution in [-0.2, 0) is 23.1 Å². The molecule has 1 fully saturated rings. The normalized spacial score (nSPS) is 22.0. The molecule has 1 aliphatic heterocycles. The van der Waals surface area contributed by atoms with Crippen LogP contribution in [0.2, 0.25) is 0 Å². The van der Waals surface area contributed by atoms with Gasteiger partial charge >= 0.3 is 11.9 Å². The average Bonchev–Trinajstić information content (AvgIpc) is 3.28. The number of aromatic amines is 1. The molecule has 1 aromatic heterocycles. The second kappa shape index (κ2) is 9.71. The number of ether oxygens (including phenoxy) is 1. The van der Waals surface area contributed by atoms with Gasteiger partial charge in [-0.15, -0.1) is 0 Å². The van der Waals surface area contributed by atoms with Gasteiger partial charge in [-0.25, -0.2) is 14.3 Å². The Balaban J connectivity index is 1.55. The molecule has 182 valence electrons. The first-order valence-corrected chi connectivity index (χ1v) is 11.0. The molecule has 3 aromatic rings. The van der Waals surface area contributed by atoms with Crippen LogP contribution in [0.5, 0.6) is 0 Å². The summed E-state index contributed by atoms with van der Waals surface area (Å²) in [6.07, 6.45) is -2.49. The van der Waals surface area contributed by atoms with Crippen molar-refractivity contribution < 1.29 is 22.3 Å². The monoisotopic (exact) mass is 478 g/mol. The second-order valence-corrected chi connectivity index (χ2v) is 8.64. The van der Waals surface area contributed by atoms with Crippen LogP contribution in [-0.4, -0.2) is 27.9 Å². The molecule has 1 saturated heterocycles. The van der Waals surface area contributed by atoms with Crippen molar-refractivity contribution in [3.05, 3.63) is 87.6 Å². The molecular weight excluding hydrogens is 452 g/mol. The molecule has 0 amide bonds. The third-order valence-electron chi connectivity index (χ3n) is 6.42. The smallest absolute Gasteiger partial charge is 0.372 e. The van der Waals surface area contributed by atoms with Gasteiger partial charge in [0.2, 0.25) is 0 Å². The summed E-state index contributed by atoms with van der Waals surface area (Å²) in [7, 11) is 0. The summed E-state index contributed by atoms with van der Waals surface area (Å²) in [4.78, 5) is 12.0. The van der Waals surface area contributed by atoms with E-state index in [0.717, 1.165) is 17.7 Å². The van der Waals surface area contributed by atoms with E-state index in [9.17, 15) is 22.4 Å². The molecule has 0 bridgehead atoms. The highest BCUT2D eigenvalue weighted by Crippen LogP contribution is 2.37. The van der Waals surface area contributed by atoms with E-state index >= 15 is 0 Å². The minimum Gasteiger partial charge on any atom is -0.372 e. The molecule has 2 N–H and O–H groups in total. The minimum absolute atomic E-state index is 0.0396. The van der Waals surface area contributed by atoms with Crippen LogP contribution in [0.1, 0.15) is 54.2 Å². The van der Waals surface area contributed by atoms with E-state index in [1.165, 1.54) is 12.4 Å². The lowest BCUT2D eigenvalue weighted by atomic mass is 9.81. The number of aromatic nitrogens is 3. The standard InChI is InChI=1S/C24H26F4N4O2/c1-16(18-9-17(12-25)10-20(11-18)24(26,27)28)34-14-23(19-5-3-2-4-6-19)8-7-21(13-29-23)32-15-30-31-22(32)33/h2-6,9-11,15-16,21,29H,7-8,12-14H2,1H3,(H,31,33)/t16-,21+,23-/m1/s1.